The first-order chi connectivity index (χ1) is 9.50. The first-order valence-electron chi connectivity index (χ1n) is 7.80. The predicted molar refractivity (Wildman–Crippen MR) is 83.1 cm³/mol. The molecule has 21 heavy (non-hydrogen) atoms. The van der Waals surface area contributed by atoms with E-state index in [1.165, 1.54) is 0 Å². The van der Waals surface area contributed by atoms with Crippen molar-refractivity contribution in [2.24, 2.45) is 11.8 Å². The van der Waals surface area contributed by atoms with Crippen molar-refractivity contribution in [3.8, 4) is 0 Å². The van der Waals surface area contributed by atoms with E-state index in [-0.39, 0.29) is 17.4 Å². The van der Waals surface area contributed by atoms with Gasteiger partial charge >= 0.3 is 5.97 Å². The first kappa shape index (κ1) is 18.2. The van der Waals surface area contributed by atoms with Gasteiger partial charge in [-0.15, -0.1) is 0 Å². The van der Waals surface area contributed by atoms with E-state index < -0.39 is 17.7 Å². The highest BCUT2D eigenvalue weighted by Gasteiger charge is 2.47. The molecule has 2 N–H and O–H groups in total. The lowest BCUT2D eigenvalue weighted by molar-refractivity contribution is -0.141. The third-order valence-corrected chi connectivity index (χ3v) is 4.96. The van der Waals surface area contributed by atoms with Crippen LogP contribution in [-0.2, 0) is 9.53 Å². The molecule has 1 saturated heterocycles. The average Bonchev–Trinajstić information content (AvgIpc) is 2.68. The number of aliphatic hydroxyl groups is 1. The summed E-state index contributed by atoms with van der Waals surface area (Å²) in [5, 5.41) is 18.9. The summed E-state index contributed by atoms with van der Waals surface area (Å²) in [6, 6.07) is 0. The van der Waals surface area contributed by atoms with Gasteiger partial charge in [-0.3, -0.25) is 4.79 Å². The maximum Gasteiger partial charge on any atom is 0.306 e. The van der Waals surface area contributed by atoms with Crippen molar-refractivity contribution in [2.45, 2.75) is 78.1 Å². The average molecular weight is 298 g/mol. The Kier molecular flexibility index (Phi) is 5.62. The number of carboxylic acid groups (broad SMARTS) is 1. The third-order valence-electron chi connectivity index (χ3n) is 4.96. The molecule has 4 nitrogen and oxygen atoms in total. The summed E-state index contributed by atoms with van der Waals surface area (Å²) in [5.41, 5.74) is 0.255. The van der Waals surface area contributed by atoms with E-state index in [1.807, 2.05) is 20.8 Å². The van der Waals surface area contributed by atoms with Crippen LogP contribution in [0.4, 0.5) is 0 Å². The Morgan fingerprint density at radius 3 is 2.29 bits per heavy atom. The molecule has 1 heterocycles. The van der Waals surface area contributed by atoms with E-state index in [0.717, 1.165) is 18.4 Å². The Hall–Kier alpha value is -0.870. The van der Waals surface area contributed by atoms with Crippen LogP contribution in [0.25, 0.3) is 0 Å². The van der Waals surface area contributed by atoms with Gasteiger partial charge in [0.25, 0.3) is 0 Å². The van der Waals surface area contributed by atoms with Crippen LogP contribution < -0.4 is 0 Å². The number of aliphatic hydroxyl groups excluding tert-OH is 1. The van der Waals surface area contributed by atoms with Crippen molar-refractivity contribution >= 4 is 5.97 Å². The van der Waals surface area contributed by atoms with Crippen molar-refractivity contribution in [1.82, 2.24) is 0 Å². The molecule has 0 bridgehead atoms. The highest BCUT2D eigenvalue weighted by atomic mass is 16.5. The number of aliphatic carboxylic acids is 1. The van der Waals surface area contributed by atoms with Crippen molar-refractivity contribution < 1.29 is 19.7 Å². The molecule has 5 atom stereocenters. The number of carbonyl (C=O) groups is 1. The van der Waals surface area contributed by atoms with Crippen molar-refractivity contribution in [3.05, 3.63) is 11.6 Å². The van der Waals surface area contributed by atoms with Gasteiger partial charge in [-0.05, 0) is 58.4 Å². The monoisotopic (exact) mass is 298 g/mol. The molecular formula is C17H30O4. The quantitative estimate of drug-likeness (QED) is 0.738. The lowest BCUT2D eigenvalue weighted by atomic mass is 9.87. The molecule has 0 radical (unpaired) electrons. The fraction of sp³-hybridized carbons (Fsp3) is 0.824. The SMILES string of the molecule is C/C(=C\[C@H](C)C[C@@H](C)C(=O)O)[C@]1(C)CC[C@@](C)([C@H](C)O)O1. The minimum Gasteiger partial charge on any atom is -0.481 e. The van der Waals surface area contributed by atoms with Gasteiger partial charge in [0.2, 0.25) is 0 Å². The number of carboxylic acids is 1. The van der Waals surface area contributed by atoms with Gasteiger partial charge in [-0.25, -0.2) is 0 Å². The predicted octanol–water partition coefficient (Wildman–Crippen LogP) is 3.39. The molecule has 1 aliphatic heterocycles. The van der Waals surface area contributed by atoms with Crippen LogP contribution >= 0.6 is 0 Å². The summed E-state index contributed by atoms with van der Waals surface area (Å²) < 4.78 is 6.18. The fourth-order valence-corrected chi connectivity index (χ4v) is 3.00. The zero-order valence-corrected chi connectivity index (χ0v) is 14.1. The van der Waals surface area contributed by atoms with Crippen LogP contribution in [0.5, 0.6) is 0 Å². The van der Waals surface area contributed by atoms with E-state index >= 15 is 0 Å². The molecule has 4 heteroatoms. The largest absolute Gasteiger partial charge is 0.481 e. The smallest absolute Gasteiger partial charge is 0.306 e. The summed E-state index contributed by atoms with van der Waals surface area (Å²) in [7, 11) is 0. The second kappa shape index (κ2) is 6.49. The second-order valence-electron chi connectivity index (χ2n) is 7.12. The highest BCUT2D eigenvalue weighted by Crippen LogP contribution is 2.43. The minimum atomic E-state index is -0.752. The van der Waals surface area contributed by atoms with Gasteiger partial charge < -0.3 is 14.9 Å². The molecule has 1 rings (SSSR count). The number of allylic oxidation sites excluding steroid dienone is 1. The molecule has 0 aromatic heterocycles. The summed E-state index contributed by atoms with van der Waals surface area (Å²) in [6.45, 7) is 11.6. The van der Waals surface area contributed by atoms with E-state index in [9.17, 15) is 9.90 Å². The molecule has 1 fully saturated rings. The number of hydrogen-bond donors (Lipinski definition) is 2. The minimum absolute atomic E-state index is 0.190. The molecule has 1 aliphatic rings. The van der Waals surface area contributed by atoms with Gasteiger partial charge in [0.05, 0.1) is 23.2 Å². The van der Waals surface area contributed by atoms with Gasteiger partial charge in [0.1, 0.15) is 0 Å². The molecular weight excluding hydrogens is 268 g/mol. The number of hydrogen-bond acceptors (Lipinski definition) is 3. The van der Waals surface area contributed by atoms with Crippen molar-refractivity contribution in [1.29, 1.82) is 0 Å². The van der Waals surface area contributed by atoms with E-state index in [2.05, 4.69) is 13.0 Å². The summed E-state index contributed by atoms with van der Waals surface area (Å²) in [6.07, 6.45) is 3.94. The molecule has 0 unspecified atom stereocenters. The topological polar surface area (TPSA) is 66.8 Å². The zero-order chi connectivity index (χ0) is 16.4. The Balaban J connectivity index is 2.76. The second-order valence-corrected chi connectivity index (χ2v) is 7.12. The third kappa shape index (κ3) is 4.30. The standard InChI is InChI=1S/C17H30O4/c1-11(9-12(2)15(19)20)10-13(3)16(5)7-8-17(6,21-16)14(4)18/h10-12,14,18H,7-9H2,1-6H3,(H,19,20)/b13-10+/t11-,12-,14+,16+,17+/m1/s1. The normalized spacial score (nSPS) is 34.5. The summed E-state index contributed by atoms with van der Waals surface area (Å²) in [4.78, 5) is 10.9. The number of rotatable bonds is 6. The first-order valence-corrected chi connectivity index (χ1v) is 7.80. The zero-order valence-electron chi connectivity index (χ0n) is 14.1. The van der Waals surface area contributed by atoms with E-state index in [0.29, 0.717) is 6.42 Å². The Morgan fingerprint density at radius 2 is 1.86 bits per heavy atom. The molecule has 0 aliphatic carbocycles. The van der Waals surface area contributed by atoms with Crippen molar-refractivity contribution in [2.75, 3.05) is 0 Å². The van der Waals surface area contributed by atoms with E-state index in [1.54, 1.807) is 13.8 Å². The van der Waals surface area contributed by atoms with Crippen LogP contribution in [0, 0.1) is 11.8 Å². The Bertz CT molecular complexity index is 415. The fourth-order valence-electron chi connectivity index (χ4n) is 3.00. The van der Waals surface area contributed by atoms with Gasteiger partial charge in [-0.1, -0.05) is 19.9 Å². The van der Waals surface area contributed by atoms with Crippen LogP contribution in [0.2, 0.25) is 0 Å². The molecule has 0 amide bonds. The van der Waals surface area contributed by atoms with Crippen LogP contribution in [0.1, 0.15) is 60.8 Å². The van der Waals surface area contributed by atoms with Gasteiger partial charge in [0.15, 0.2) is 0 Å². The maximum atomic E-state index is 10.9. The van der Waals surface area contributed by atoms with E-state index in [4.69, 9.17) is 9.84 Å². The Morgan fingerprint density at radius 1 is 1.29 bits per heavy atom. The van der Waals surface area contributed by atoms with Gasteiger partial charge in [0, 0.05) is 0 Å². The number of ether oxygens (including phenoxy) is 1. The molecule has 0 aromatic rings. The van der Waals surface area contributed by atoms with Crippen LogP contribution in [-0.4, -0.2) is 33.5 Å². The lowest BCUT2D eigenvalue weighted by Gasteiger charge is -2.33. The summed E-state index contributed by atoms with van der Waals surface area (Å²) >= 11 is 0. The molecule has 122 valence electrons. The van der Waals surface area contributed by atoms with Crippen LogP contribution in [0.15, 0.2) is 11.6 Å². The maximum absolute atomic E-state index is 10.9. The van der Waals surface area contributed by atoms with Crippen molar-refractivity contribution in [3.63, 3.8) is 0 Å². The van der Waals surface area contributed by atoms with Crippen LogP contribution in [0.3, 0.4) is 0 Å². The lowest BCUT2D eigenvalue weighted by Crippen LogP contribution is -2.40. The molecule has 0 saturated carbocycles. The summed E-state index contributed by atoms with van der Waals surface area (Å²) in [5.74, 6) is -0.906. The highest BCUT2D eigenvalue weighted by molar-refractivity contribution is 5.69. The molecule has 0 spiro atoms. The Labute approximate surface area is 128 Å². The van der Waals surface area contributed by atoms with Gasteiger partial charge in [-0.2, -0.15) is 0 Å². The molecule has 0 aromatic carbocycles.